The molecule has 130 valence electrons. The molecule has 1 saturated carbocycles. The number of nitrogens with zero attached hydrogens (tertiary/aromatic N) is 2. The minimum atomic E-state index is -0.700. The number of urea groups is 1. The average molecular weight is 340 g/mol. The van der Waals surface area contributed by atoms with Gasteiger partial charge >= 0.3 is 6.03 Å². The minimum absolute atomic E-state index is 0.144. The van der Waals surface area contributed by atoms with Gasteiger partial charge in [-0.1, -0.05) is 18.2 Å². The van der Waals surface area contributed by atoms with Crippen molar-refractivity contribution in [3.8, 4) is 0 Å². The molecular weight excluding hydrogens is 320 g/mol. The predicted octanol–water partition coefficient (Wildman–Crippen LogP) is 1.75. The van der Waals surface area contributed by atoms with Crippen LogP contribution in [0.25, 0.3) is 0 Å². The van der Waals surface area contributed by atoms with Crippen LogP contribution < -0.4 is 10.6 Å². The van der Waals surface area contributed by atoms with E-state index in [9.17, 15) is 14.4 Å². The summed E-state index contributed by atoms with van der Waals surface area (Å²) in [5.74, 6) is -0.169. The van der Waals surface area contributed by atoms with E-state index in [-0.39, 0.29) is 35.5 Å². The van der Waals surface area contributed by atoms with Gasteiger partial charge in [0.1, 0.15) is 12.0 Å². The number of imide groups is 1. The lowest BCUT2D eigenvalue weighted by Crippen LogP contribution is -2.50. The Balaban J connectivity index is 1.46. The van der Waals surface area contributed by atoms with Crippen molar-refractivity contribution in [3.63, 3.8) is 0 Å². The number of likely N-dealkylation sites (tertiary alicyclic amines) is 1. The van der Waals surface area contributed by atoms with Gasteiger partial charge in [0.2, 0.25) is 11.8 Å². The third-order valence-electron chi connectivity index (χ3n) is 5.43. The van der Waals surface area contributed by atoms with Crippen molar-refractivity contribution >= 4 is 23.7 Å². The summed E-state index contributed by atoms with van der Waals surface area (Å²) in [5, 5.41) is 5.26. The lowest BCUT2D eigenvalue weighted by molar-refractivity contribution is -0.142. The van der Waals surface area contributed by atoms with E-state index in [1.807, 2.05) is 0 Å². The molecular formula is C18H20N4O3. The van der Waals surface area contributed by atoms with E-state index in [2.05, 4.69) is 27.8 Å². The van der Waals surface area contributed by atoms with Crippen LogP contribution >= 0.6 is 0 Å². The summed E-state index contributed by atoms with van der Waals surface area (Å²) < 4.78 is 0. The number of hydrogen-bond acceptors (Lipinski definition) is 4. The molecule has 25 heavy (non-hydrogen) atoms. The fraction of sp³-hybridized carbons (Fsp3) is 0.444. The van der Waals surface area contributed by atoms with Crippen molar-refractivity contribution < 1.29 is 14.4 Å². The molecule has 1 aromatic heterocycles. The Bertz CT molecular complexity index is 716. The number of hydrogen-bond donors (Lipinski definition) is 2. The zero-order valence-corrected chi connectivity index (χ0v) is 13.9. The normalized spacial score (nSPS) is 31.0. The van der Waals surface area contributed by atoms with Gasteiger partial charge in [-0.05, 0) is 43.7 Å². The molecule has 0 radical (unpaired) electrons. The lowest BCUT2D eigenvalue weighted by Gasteiger charge is -2.38. The molecule has 1 aliphatic heterocycles. The monoisotopic (exact) mass is 340 g/mol. The van der Waals surface area contributed by atoms with E-state index >= 15 is 0 Å². The fourth-order valence-electron chi connectivity index (χ4n) is 4.32. The van der Waals surface area contributed by atoms with E-state index in [1.54, 1.807) is 31.3 Å². The highest BCUT2D eigenvalue weighted by molar-refractivity contribution is 6.06. The topological polar surface area (TPSA) is 91.4 Å². The number of pyridine rings is 1. The lowest BCUT2D eigenvalue weighted by atomic mass is 9.63. The van der Waals surface area contributed by atoms with E-state index in [0.717, 1.165) is 12.8 Å². The summed E-state index contributed by atoms with van der Waals surface area (Å²) >= 11 is 0. The average Bonchev–Trinajstić information content (AvgIpc) is 2.90. The molecule has 2 bridgehead atoms. The van der Waals surface area contributed by atoms with Crippen molar-refractivity contribution in [2.75, 3.05) is 5.32 Å². The molecule has 3 aliphatic carbocycles. The first-order chi connectivity index (χ1) is 12.1. The van der Waals surface area contributed by atoms with Gasteiger partial charge in [0.15, 0.2) is 0 Å². The van der Waals surface area contributed by atoms with Gasteiger partial charge in [-0.3, -0.25) is 19.8 Å². The standard InChI is InChI=1S/C18H20N4O3/c1-10(20-18(25)21-13-4-2-3-9-19-13)22-16(23)14-11-5-6-12(8-7-11)15(14)17(22)24/h2-6,9-12,14-15H,7-8H2,1H3,(H2,19,20,21,25)/t10-,11+,12+,14+,15+/m1/s1. The summed E-state index contributed by atoms with van der Waals surface area (Å²) in [6, 6.07) is 4.67. The van der Waals surface area contributed by atoms with Crippen LogP contribution in [0.15, 0.2) is 36.5 Å². The van der Waals surface area contributed by atoms with E-state index in [4.69, 9.17) is 0 Å². The third kappa shape index (κ3) is 2.59. The summed E-state index contributed by atoms with van der Waals surface area (Å²) in [6.45, 7) is 1.65. The van der Waals surface area contributed by atoms with Crippen LogP contribution in [-0.2, 0) is 9.59 Å². The number of anilines is 1. The molecule has 1 aromatic rings. The maximum Gasteiger partial charge on any atom is 0.322 e. The van der Waals surface area contributed by atoms with Gasteiger partial charge in [-0.15, -0.1) is 0 Å². The van der Waals surface area contributed by atoms with Crippen molar-refractivity contribution in [1.29, 1.82) is 0 Å². The second-order valence-corrected chi connectivity index (χ2v) is 6.88. The van der Waals surface area contributed by atoms with Crippen LogP contribution in [0.1, 0.15) is 19.8 Å². The van der Waals surface area contributed by atoms with Crippen molar-refractivity contribution in [3.05, 3.63) is 36.5 Å². The Morgan fingerprint density at radius 2 is 1.80 bits per heavy atom. The molecule has 2 heterocycles. The molecule has 0 unspecified atom stereocenters. The van der Waals surface area contributed by atoms with E-state index in [0.29, 0.717) is 5.82 Å². The number of allylic oxidation sites excluding steroid dienone is 2. The zero-order valence-electron chi connectivity index (χ0n) is 13.9. The van der Waals surface area contributed by atoms with Gasteiger partial charge in [0.05, 0.1) is 11.8 Å². The first-order valence-corrected chi connectivity index (χ1v) is 8.60. The van der Waals surface area contributed by atoms with Crippen LogP contribution in [0.3, 0.4) is 0 Å². The summed E-state index contributed by atoms with van der Waals surface area (Å²) in [5.41, 5.74) is 0. The van der Waals surface area contributed by atoms with Gasteiger partial charge in [-0.2, -0.15) is 0 Å². The maximum atomic E-state index is 12.8. The molecule has 0 aromatic carbocycles. The van der Waals surface area contributed by atoms with Gasteiger partial charge < -0.3 is 5.32 Å². The number of fused-ring (bicyclic) bond motifs is 1. The first-order valence-electron chi connectivity index (χ1n) is 8.60. The van der Waals surface area contributed by atoms with E-state index in [1.165, 1.54) is 4.90 Å². The molecule has 2 fully saturated rings. The Morgan fingerprint density at radius 3 is 2.32 bits per heavy atom. The highest BCUT2D eigenvalue weighted by Crippen LogP contribution is 2.49. The Kier molecular flexibility index (Phi) is 3.78. The highest BCUT2D eigenvalue weighted by Gasteiger charge is 2.57. The molecule has 1 saturated heterocycles. The van der Waals surface area contributed by atoms with Gasteiger partial charge in [0, 0.05) is 6.20 Å². The molecule has 2 N–H and O–H groups in total. The molecule has 5 rings (SSSR count). The Morgan fingerprint density at radius 1 is 1.16 bits per heavy atom. The molecule has 4 amide bonds. The molecule has 0 spiro atoms. The minimum Gasteiger partial charge on any atom is -0.317 e. The van der Waals surface area contributed by atoms with Crippen LogP contribution in [-0.4, -0.2) is 33.9 Å². The van der Waals surface area contributed by atoms with Crippen LogP contribution in [0.4, 0.5) is 10.6 Å². The molecule has 4 aliphatic rings. The van der Waals surface area contributed by atoms with Gasteiger partial charge in [-0.25, -0.2) is 9.78 Å². The Hall–Kier alpha value is -2.70. The summed E-state index contributed by atoms with van der Waals surface area (Å²) in [6.07, 6.45) is 6.94. The Labute approximate surface area is 145 Å². The maximum absolute atomic E-state index is 12.8. The van der Waals surface area contributed by atoms with Crippen LogP contribution in [0, 0.1) is 23.7 Å². The third-order valence-corrected chi connectivity index (χ3v) is 5.43. The smallest absolute Gasteiger partial charge is 0.317 e. The van der Waals surface area contributed by atoms with Gasteiger partial charge in [0.25, 0.3) is 0 Å². The number of carbonyl (C=O) groups is 3. The SMILES string of the molecule is C[C@H](NC(=O)Nc1ccccn1)N1C(=O)[C@@H]2[C@@H](C1=O)[C@H]1C=C[C@H]2CC1. The van der Waals surface area contributed by atoms with Crippen molar-refractivity contribution in [2.24, 2.45) is 23.7 Å². The largest absolute Gasteiger partial charge is 0.322 e. The quantitative estimate of drug-likeness (QED) is 0.648. The fourth-order valence-corrected chi connectivity index (χ4v) is 4.32. The molecule has 7 nitrogen and oxygen atoms in total. The number of nitrogens with one attached hydrogen (secondary N) is 2. The number of rotatable bonds is 3. The number of carbonyl (C=O) groups excluding carboxylic acids is 3. The molecule has 7 heteroatoms. The zero-order chi connectivity index (χ0) is 17.6. The second-order valence-electron chi connectivity index (χ2n) is 6.88. The van der Waals surface area contributed by atoms with Crippen molar-refractivity contribution in [2.45, 2.75) is 25.9 Å². The predicted molar refractivity (Wildman–Crippen MR) is 90.0 cm³/mol. The van der Waals surface area contributed by atoms with Crippen molar-refractivity contribution in [1.82, 2.24) is 15.2 Å². The van der Waals surface area contributed by atoms with E-state index < -0.39 is 12.2 Å². The van der Waals surface area contributed by atoms with Crippen LogP contribution in [0.2, 0.25) is 0 Å². The number of aromatic nitrogens is 1. The first kappa shape index (κ1) is 15.8. The summed E-state index contributed by atoms with van der Waals surface area (Å²) in [7, 11) is 0. The summed E-state index contributed by atoms with van der Waals surface area (Å²) in [4.78, 5) is 43.0. The second kappa shape index (κ2) is 5.98. The van der Waals surface area contributed by atoms with Crippen LogP contribution in [0.5, 0.6) is 0 Å². The highest BCUT2D eigenvalue weighted by atomic mass is 16.2. The molecule has 5 atom stereocenters. The number of amides is 4.